The van der Waals surface area contributed by atoms with E-state index >= 15 is 0 Å². The molecule has 0 radical (unpaired) electrons. The Morgan fingerprint density at radius 1 is 1.16 bits per heavy atom. The fraction of sp³-hybridized carbons (Fsp3) is 0.364. The summed E-state index contributed by atoms with van der Waals surface area (Å²) in [6.45, 7) is 2.10. The van der Waals surface area contributed by atoms with Crippen molar-refractivity contribution in [3.8, 4) is 0 Å². The van der Waals surface area contributed by atoms with Crippen LogP contribution in [-0.2, 0) is 26.3 Å². The number of rotatable bonds is 7. The highest BCUT2D eigenvalue weighted by molar-refractivity contribution is 7.99. The highest BCUT2D eigenvalue weighted by Gasteiger charge is 2.35. The first kappa shape index (κ1) is 23.1. The molecule has 2 aromatic rings. The van der Waals surface area contributed by atoms with Gasteiger partial charge in [0.2, 0.25) is 5.91 Å². The number of hydrogen-bond donors (Lipinski definition) is 2. The summed E-state index contributed by atoms with van der Waals surface area (Å²) in [6.07, 6.45) is -4.09. The first-order chi connectivity index (χ1) is 14.7. The Balaban J connectivity index is 1.67. The molecule has 1 aliphatic rings. The summed E-state index contributed by atoms with van der Waals surface area (Å²) in [5.74, 6) is -0.439. The lowest BCUT2D eigenvalue weighted by molar-refractivity contribution is -0.137. The van der Waals surface area contributed by atoms with Crippen molar-refractivity contribution < 1.29 is 27.5 Å². The van der Waals surface area contributed by atoms with Crippen LogP contribution in [0.2, 0.25) is 0 Å². The van der Waals surface area contributed by atoms with Crippen LogP contribution in [0, 0.1) is 0 Å². The van der Waals surface area contributed by atoms with Gasteiger partial charge in [0.1, 0.15) is 6.10 Å². The number of anilines is 2. The van der Waals surface area contributed by atoms with Crippen LogP contribution in [0.25, 0.3) is 0 Å². The van der Waals surface area contributed by atoms with Crippen LogP contribution >= 0.6 is 11.8 Å². The van der Waals surface area contributed by atoms with E-state index in [0.717, 1.165) is 24.1 Å². The summed E-state index contributed by atoms with van der Waals surface area (Å²) in [6, 6.07) is 12.8. The van der Waals surface area contributed by atoms with Gasteiger partial charge in [-0.2, -0.15) is 13.2 Å². The van der Waals surface area contributed by atoms with Crippen molar-refractivity contribution in [1.82, 2.24) is 0 Å². The second kappa shape index (κ2) is 10.2. The van der Waals surface area contributed by atoms with Crippen molar-refractivity contribution in [2.24, 2.45) is 0 Å². The molecular weight excluding hydrogens is 429 g/mol. The standard InChI is InChI=1S/C22H23F3N2O3S/c1-14(31-13-15-6-3-2-4-7-15)20(28)27-18-10-9-16(12-17(18)22(23,24)25)26-21(29)19-8-5-11-30-19/h2-4,6-7,9-10,12,14,19H,5,8,11,13H2,1H3,(H,26,29)(H,27,28). The summed E-state index contributed by atoms with van der Waals surface area (Å²) in [5, 5.41) is 4.27. The van der Waals surface area contributed by atoms with E-state index in [2.05, 4.69) is 10.6 Å². The highest BCUT2D eigenvalue weighted by atomic mass is 32.2. The molecule has 2 amide bonds. The Labute approximate surface area is 182 Å². The van der Waals surface area contributed by atoms with Gasteiger partial charge in [-0.25, -0.2) is 0 Å². The first-order valence-corrected chi connectivity index (χ1v) is 10.9. The van der Waals surface area contributed by atoms with E-state index in [1.165, 1.54) is 17.8 Å². The van der Waals surface area contributed by atoms with E-state index in [0.29, 0.717) is 18.8 Å². The molecule has 2 aromatic carbocycles. The van der Waals surface area contributed by atoms with Crippen LogP contribution in [0.3, 0.4) is 0 Å². The van der Waals surface area contributed by atoms with Gasteiger partial charge in [-0.05, 0) is 43.5 Å². The number of amides is 2. The molecule has 2 unspecified atom stereocenters. The largest absolute Gasteiger partial charge is 0.418 e. The van der Waals surface area contributed by atoms with Crippen molar-refractivity contribution in [3.63, 3.8) is 0 Å². The van der Waals surface area contributed by atoms with Crippen molar-refractivity contribution in [2.45, 2.75) is 43.0 Å². The lowest BCUT2D eigenvalue weighted by atomic mass is 10.1. The molecule has 5 nitrogen and oxygen atoms in total. The number of benzene rings is 2. The second-order valence-electron chi connectivity index (χ2n) is 7.18. The first-order valence-electron chi connectivity index (χ1n) is 9.84. The highest BCUT2D eigenvalue weighted by Crippen LogP contribution is 2.37. The molecule has 2 N–H and O–H groups in total. The van der Waals surface area contributed by atoms with Gasteiger partial charge in [0.25, 0.3) is 5.91 Å². The monoisotopic (exact) mass is 452 g/mol. The number of thioether (sulfide) groups is 1. The summed E-state index contributed by atoms with van der Waals surface area (Å²) in [7, 11) is 0. The number of alkyl halides is 3. The summed E-state index contributed by atoms with van der Waals surface area (Å²) in [4.78, 5) is 24.6. The normalized spacial score (nSPS) is 17.2. The van der Waals surface area contributed by atoms with Crippen LogP contribution in [0.1, 0.15) is 30.9 Å². The summed E-state index contributed by atoms with van der Waals surface area (Å²) >= 11 is 1.33. The van der Waals surface area contributed by atoms with Gasteiger partial charge in [0.05, 0.1) is 16.5 Å². The maximum absolute atomic E-state index is 13.6. The van der Waals surface area contributed by atoms with Gasteiger partial charge in [-0.15, -0.1) is 11.8 Å². The van der Waals surface area contributed by atoms with E-state index in [4.69, 9.17) is 4.74 Å². The molecule has 1 saturated heterocycles. The Hall–Kier alpha value is -2.52. The molecule has 0 spiro atoms. The molecule has 0 aromatic heterocycles. The fourth-order valence-electron chi connectivity index (χ4n) is 3.08. The van der Waals surface area contributed by atoms with Crippen LogP contribution in [-0.4, -0.2) is 29.8 Å². The van der Waals surface area contributed by atoms with Gasteiger partial charge < -0.3 is 15.4 Å². The lowest BCUT2D eigenvalue weighted by Gasteiger charge is -2.18. The minimum atomic E-state index is -4.70. The number of ether oxygens (including phenoxy) is 1. The quantitative estimate of drug-likeness (QED) is 0.615. The second-order valence-corrected chi connectivity index (χ2v) is 8.51. The zero-order chi connectivity index (χ0) is 22.4. The molecule has 9 heteroatoms. The Kier molecular flexibility index (Phi) is 7.61. The Bertz CT molecular complexity index is 916. The van der Waals surface area contributed by atoms with Gasteiger partial charge in [0.15, 0.2) is 0 Å². The van der Waals surface area contributed by atoms with Gasteiger partial charge >= 0.3 is 6.18 Å². The minimum absolute atomic E-state index is 0.00248. The molecule has 1 fully saturated rings. The number of hydrogen-bond acceptors (Lipinski definition) is 4. The predicted molar refractivity (Wildman–Crippen MR) is 115 cm³/mol. The zero-order valence-electron chi connectivity index (χ0n) is 16.9. The molecule has 166 valence electrons. The van der Waals surface area contributed by atoms with E-state index in [-0.39, 0.29) is 11.4 Å². The molecule has 2 atom stereocenters. The Morgan fingerprint density at radius 3 is 2.55 bits per heavy atom. The number of halogens is 3. The maximum Gasteiger partial charge on any atom is 0.418 e. The Morgan fingerprint density at radius 2 is 1.90 bits per heavy atom. The smallest absolute Gasteiger partial charge is 0.368 e. The molecule has 1 aliphatic heterocycles. The topological polar surface area (TPSA) is 67.4 Å². The third-order valence-corrected chi connectivity index (χ3v) is 6.00. The molecule has 0 saturated carbocycles. The molecule has 1 heterocycles. The SMILES string of the molecule is CC(SCc1ccccc1)C(=O)Nc1ccc(NC(=O)C2CCCO2)cc1C(F)(F)F. The van der Waals surface area contributed by atoms with E-state index in [9.17, 15) is 22.8 Å². The molecule has 31 heavy (non-hydrogen) atoms. The third kappa shape index (κ3) is 6.48. The summed E-state index contributed by atoms with van der Waals surface area (Å²) < 4.78 is 46.0. The van der Waals surface area contributed by atoms with Gasteiger partial charge in [-0.1, -0.05) is 30.3 Å². The lowest BCUT2D eigenvalue weighted by Crippen LogP contribution is -2.27. The average molecular weight is 452 g/mol. The number of carbonyl (C=O) groups excluding carboxylic acids is 2. The van der Waals surface area contributed by atoms with Crippen LogP contribution in [0.4, 0.5) is 24.5 Å². The summed E-state index contributed by atoms with van der Waals surface area (Å²) in [5.41, 5.74) is -0.349. The van der Waals surface area contributed by atoms with Crippen LogP contribution in [0.15, 0.2) is 48.5 Å². The van der Waals surface area contributed by atoms with Crippen molar-refractivity contribution in [1.29, 1.82) is 0 Å². The predicted octanol–water partition coefficient (Wildman–Crippen LogP) is 5.08. The van der Waals surface area contributed by atoms with E-state index in [1.54, 1.807) is 6.92 Å². The number of nitrogens with one attached hydrogen (secondary N) is 2. The van der Waals surface area contributed by atoms with Crippen LogP contribution in [0.5, 0.6) is 0 Å². The molecule has 0 aliphatic carbocycles. The average Bonchev–Trinajstić information content (AvgIpc) is 3.28. The number of carbonyl (C=O) groups is 2. The molecule has 3 rings (SSSR count). The molecule has 0 bridgehead atoms. The third-order valence-electron chi connectivity index (χ3n) is 4.78. The van der Waals surface area contributed by atoms with Crippen LogP contribution < -0.4 is 10.6 Å². The van der Waals surface area contributed by atoms with Crippen molar-refractivity contribution in [2.75, 3.05) is 17.2 Å². The maximum atomic E-state index is 13.6. The molecular formula is C22H23F3N2O3S. The van der Waals surface area contributed by atoms with Crippen molar-refractivity contribution >= 4 is 35.0 Å². The zero-order valence-corrected chi connectivity index (χ0v) is 17.7. The van der Waals surface area contributed by atoms with Gasteiger partial charge in [0, 0.05) is 18.0 Å². The van der Waals surface area contributed by atoms with Gasteiger partial charge in [-0.3, -0.25) is 9.59 Å². The fourth-order valence-corrected chi connectivity index (χ4v) is 3.92. The van der Waals surface area contributed by atoms with E-state index < -0.39 is 34.9 Å². The minimum Gasteiger partial charge on any atom is -0.368 e. The van der Waals surface area contributed by atoms with Crippen molar-refractivity contribution in [3.05, 3.63) is 59.7 Å². The van der Waals surface area contributed by atoms with E-state index in [1.807, 2.05) is 30.3 Å².